The minimum absolute atomic E-state index is 0.0690. The lowest BCUT2D eigenvalue weighted by atomic mass is 10.2. The van der Waals surface area contributed by atoms with Crippen molar-refractivity contribution in [3.63, 3.8) is 0 Å². The Labute approximate surface area is 143 Å². The van der Waals surface area contributed by atoms with E-state index in [4.69, 9.17) is 9.47 Å². The van der Waals surface area contributed by atoms with E-state index in [2.05, 4.69) is 11.7 Å². The molecule has 24 heavy (non-hydrogen) atoms. The van der Waals surface area contributed by atoms with Gasteiger partial charge in [0, 0.05) is 19.2 Å². The molecular weight excluding hydrogens is 310 g/mol. The summed E-state index contributed by atoms with van der Waals surface area (Å²) in [6, 6.07) is 7.10. The van der Waals surface area contributed by atoms with Crippen LogP contribution < -0.4 is 9.47 Å². The Morgan fingerprint density at radius 3 is 2.50 bits per heavy atom. The van der Waals surface area contributed by atoms with Gasteiger partial charge in [0.2, 0.25) is 0 Å². The average molecular weight is 337 g/mol. The number of carbonyl (C=O) groups is 2. The highest BCUT2D eigenvalue weighted by atomic mass is 16.5. The van der Waals surface area contributed by atoms with Gasteiger partial charge in [0.1, 0.15) is 11.5 Å². The molecule has 0 aliphatic rings. The first-order chi connectivity index (χ1) is 11.6. The average Bonchev–Trinajstić information content (AvgIpc) is 2.62. The molecule has 0 fully saturated rings. The third kappa shape index (κ3) is 7.35. The predicted molar refractivity (Wildman–Crippen MR) is 91.2 cm³/mol. The van der Waals surface area contributed by atoms with Crippen LogP contribution in [0.4, 0.5) is 0 Å². The van der Waals surface area contributed by atoms with Gasteiger partial charge in [0.05, 0.1) is 20.6 Å². The molecule has 0 saturated carbocycles. The number of ether oxygens (including phenoxy) is 3. The third-order valence-corrected chi connectivity index (χ3v) is 3.60. The maximum absolute atomic E-state index is 12.4. The molecule has 0 aliphatic heterocycles. The second-order valence-electron chi connectivity index (χ2n) is 5.38. The quantitative estimate of drug-likeness (QED) is 0.459. The molecule has 0 atom stereocenters. The topological polar surface area (TPSA) is 65.1 Å². The molecule has 0 aliphatic carbocycles. The van der Waals surface area contributed by atoms with Crippen molar-refractivity contribution in [1.29, 1.82) is 0 Å². The van der Waals surface area contributed by atoms with Gasteiger partial charge in [-0.05, 0) is 18.6 Å². The first-order valence-corrected chi connectivity index (χ1v) is 8.22. The van der Waals surface area contributed by atoms with E-state index in [-0.39, 0.29) is 24.9 Å². The highest BCUT2D eigenvalue weighted by Gasteiger charge is 2.15. The van der Waals surface area contributed by atoms with Crippen molar-refractivity contribution in [2.24, 2.45) is 0 Å². The van der Waals surface area contributed by atoms with E-state index < -0.39 is 0 Å². The smallest absolute Gasteiger partial charge is 0.307 e. The molecule has 1 amide bonds. The maximum atomic E-state index is 12.4. The first kappa shape index (κ1) is 19.8. The standard InChI is InChI=1S/C18H27NO5/c1-4-5-6-11-19(12-10-18(21)23-3)17(20)14-24-16-9-7-8-15(13-16)22-2/h7-9,13H,4-6,10-12,14H2,1-3H3. The molecule has 0 radical (unpaired) electrons. The van der Waals surface area contributed by atoms with Gasteiger partial charge in [-0.25, -0.2) is 0 Å². The number of nitrogens with zero attached hydrogens (tertiary/aromatic N) is 1. The SMILES string of the molecule is CCCCCN(CCC(=O)OC)C(=O)COc1cccc(OC)c1. The zero-order valence-electron chi connectivity index (χ0n) is 14.7. The molecule has 0 spiro atoms. The summed E-state index contributed by atoms with van der Waals surface area (Å²) in [5.41, 5.74) is 0. The summed E-state index contributed by atoms with van der Waals surface area (Å²) < 4.78 is 15.3. The number of hydrogen-bond donors (Lipinski definition) is 0. The van der Waals surface area contributed by atoms with E-state index in [1.54, 1.807) is 30.2 Å². The Morgan fingerprint density at radius 2 is 1.83 bits per heavy atom. The zero-order valence-corrected chi connectivity index (χ0v) is 14.7. The van der Waals surface area contributed by atoms with E-state index in [1.165, 1.54) is 7.11 Å². The third-order valence-electron chi connectivity index (χ3n) is 3.60. The van der Waals surface area contributed by atoms with Crippen LogP contribution >= 0.6 is 0 Å². The fraction of sp³-hybridized carbons (Fsp3) is 0.556. The molecule has 1 aromatic rings. The molecule has 1 aromatic carbocycles. The Hall–Kier alpha value is -2.24. The van der Waals surface area contributed by atoms with Crippen molar-refractivity contribution < 1.29 is 23.8 Å². The molecule has 0 heterocycles. The van der Waals surface area contributed by atoms with Gasteiger partial charge in [-0.3, -0.25) is 9.59 Å². The highest BCUT2D eigenvalue weighted by molar-refractivity contribution is 5.78. The molecular formula is C18H27NO5. The van der Waals surface area contributed by atoms with Crippen molar-refractivity contribution in [1.82, 2.24) is 4.90 Å². The number of amides is 1. The Bertz CT molecular complexity index is 518. The van der Waals surface area contributed by atoms with Gasteiger partial charge < -0.3 is 19.1 Å². The van der Waals surface area contributed by atoms with Crippen molar-refractivity contribution in [2.45, 2.75) is 32.6 Å². The predicted octanol–water partition coefficient (Wildman–Crippen LogP) is 2.66. The molecule has 1 rings (SSSR count). The van der Waals surface area contributed by atoms with Crippen molar-refractivity contribution >= 4 is 11.9 Å². The van der Waals surface area contributed by atoms with Crippen LogP contribution in [-0.2, 0) is 14.3 Å². The van der Waals surface area contributed by atoms with Gasteiger partial charge in [0.25, 0.3) is 5.91 Å². The number of unbranched alkanes of at least 4 members (excludes halogenated alkanes) is 2. The summed E-state index contributed by atoms with van der Waals surface area (Å²) >= 11 is 0. The van der Waals surface area contributed by atoms with E-state index in [9.17, 15) is 9.59 Å². The molecule has 0 unspecified atom stereocenters. The summed E-state index contributed by atoms with van der Waals surface area (Å²) in [6.45, 7) is 2.99. The lowest BCUT2D eigenvalue weighted by Crippen LogP contribution is -2.37. The maximum Gasteiger partial charge on any atom is 0.307 e. The minimum atomic E-state index is -0.322. The Morgan fingerprint density at radius 1 is 1.08 bits per heavy atom. The lowest BCUT2D eigenvalue weighted by molar-refractivity contribution is -0.142. The number of benzene rings is 1. The van der Waals surface area contributed by atoms with Crippen molar-refractivity contribution in [2.75, 3.05) is 33.9 Å². The van der Waals surface area contributed by atoms with Gasteiger partial charge in [0.15, 0.2) is 6.61 Å². The van der Waals surface area contributed by atoms with E-state index >= 15 is 0 Å². The van der Waals surface area contributed by atoms with Gasteiger partial charge in [-0.15, -0.1) is 0 Å². The Balaban J connectivity index is 2.56. The summed E-state index contributed by atoms with van der Waals surface area (Å²) in [5, 5.41) is 0. The number of carbonyl (C=O) groups excluding carboxylic acids is 2. The normalized spacial score (nSPS) is 10.1. The van der Waals surface area contributed by atoms with Crippen molar-refractivity contribution in [3.05, 3.63) is 24.3 Å². The zero-order chi connectivity index (χ0) is 17.8. The number of hydrogen-bond acceptors (Lipinski definition) is 5. The van der Waals surface area contributed by atoms with E-state index in [0.717, 1.165) is 19.3 Å². The molecule has 0 N–H and O–H groups in total. The van der Waals surface area contributed by atoms with Crippen LogP contribution in [-0.4, -0.2) is 50.7 Å². The number of esters is 1. The van der Waals surface area contributed by atoms with Crippen LogP contribution in [0.2, 0.25) is 0 Å². The van der Waals surface area contributed by atoms with Crippen LogP contribution in [0.1, 0.15) is 32.6 Å². The summed E-state index contributed by atoms with van der Waals surface area (Å²) in [5.74, 6) is 0.782. The van der Waals surface area contributed by atoms with Crippen molar-refractivity contribution in [3.8, 4) is 11.5 Å². The summed E-state index contributed by atoms with van der Waals surface area (Å²) in [7, 11) is 2.92. The van der Waals surface area contributed by atoms with Crippen LogP contribution in [0.5, 0.6) is 11.5 Å². The second-order valence-corrected chi connectivity index (χ2v) is 5.38. The fourth-order valence-corrected chi connectivity index (χ4v) is 2.17. The minimum Gasteiger partial charge on any atom is -0.497 e. The Kier molecular flexibility index (Phi) is 9.34. The van der Waals surface area contributed by atoms with Crippen LogP contribution in [0, 0.1) is 0 Å². The lowest BCUT2D eigenvalue weighted by Gasteiger charge is -2.22. The summed E-state index contributed by atoms with van der Waals surface area (Å²) in [4.78, 5) is 25.4. The second kappa shape index (κ2) is 11.3. The molecule has 6 nitrogen and oxygen atoms in total. The monoisotopic (exact) mass is 337 g/mol. The largest absolute Gasteiger partial charge is 0.497 e. The molecule has 134 valence electrons. The highest BCUT2D eigenvalue weighted by Crippen LogP contribution is 2.18. The summed E-state index contributed by atoms with van der Waals surface area (Å²) in [6.07, 6.45) is 3.20. The molecule has 0 bridgehead atoms. The van der Waals surface area contributed by atoms with Crippen LogP contribution in [0.25, 0.3) is 0 Å². The van der Waals surface area contributed by atoms with E-state index in [1.807, 2.05) is 6.07 Å². The molecule has 0 aromatic heterocycles. The van der Waals surface area contributed by atoms with Crippen LogP contribution in [0.15, 0.2) is 24.3 Å². The first-order valence-electron chi connectivity index (χ1n) is 8.22. The number of methoxy groups -OCH3 is 2. The molecule has 6 heteroatoms. The van der Waals surface area contributed by atoms with Gasteiger partial charge in [-0.1, -0.05) is 25.8 Å². The van der Waals surface area contributed by atoms with Gasteiger partial charge in [-0.2, -0.15) is 0 Å². The molecule has 0 saturated heterocycles. The van der Waals surface area contributed by atoms with E-state index in [0.29, 0.717) is 24.6 Å². The fourth-order valence-electron chi connectivity index (χ4n) is 2.17. The number of rotatable bonds is 11. The van der Waals surface area contributed by atoms with Crippen LogP contribution in [0.3, 0.4) is 0 Å². The van der Waals surface area contributed by atoms with Gasteiger partial charge >= 0.3 is 5.97 Å².